The number of hydrogen-bond donors (Lipinski definition) is 1. The second kappa shape index (κ2) is 3.51. The molecule has 1 aromatic carbocycles. The summed E-state index contributed by atoms with van der Waals surface area (Å²) in [5.74, 6) is 5.87. The molecule has 2 N–H and O–H groups in total. The average molecular weight is 203 g/mol. The maximum atomic E-state index is 5.87. The molecule has 0 saturated carbocycles. The van der Waals surface area contributed by atoms with E-state index in [9.17, 15) is 0 Å². The Morgan fingerprint density at radius 2 is 2.07 bits per heavy atom. The molecular formula is C12H17N3. The first-order valence-electron chi connectivity index (χ1n) is 5.69. The van der Waals surface area contributed by atoms with Crippen molar-refractivity contribution in [3.05, 3.63) is 29.8 Å². The monoisotopic (exact) mass is 203 g/mol. The van der Waals surface area contributed by atoms with E-state index in [0.29, 0.717) is 6.04 Å². The maximum Gasteiger partial charge on any atom is 0.0434 e. The van der Waals surface area contributed by atoms with Gasteiger partial charge in [-0.05, 0) is 24.5 Å². The van der Waals surface area contributed by atoms with Gasteiger partial charge in [-0.2, -0.15) is 0 Å². The van der Waals surface area contributed by atoms with Crippen LogP contribution in [0.1, 0.15) is 12.0 Å². The van der Waals surface area contributed by atoms with Gasteiger partial charge in [0.1, 0.15) is 0 Å². The lowest BCUT2D eigenvalue weighted by Gasteiger charge is -2.44. The van der Waals surface area contributed by atoms with Crippen LogP contribution in [-0.2, 0) is 6.42 Å². The van der Waals surface area contributed by atoms with Gasteiger partial charge in [0.05, 0.1) is 0 Å². The van der Waals surface area contributed by atoms with Crippen LogP contribution in [0.4, 0.5) is 5.69 Å². The summed E-state index contributed by atoms with van der Waals surface area (Å²) in [4.78, 5) is 2.53. The molecule has 2 aliphatic heterocycles. The number of hydrazine groups is 1. The highest BCUT2D eigenvalue weighted by Gasteiger charge is 2.30. The van der Waals surface area contributed by atoms with Crippen LogP contribution >= 0.6 is 0 Å². The van der Waals surface area contributed by atoms with Crippen molar-refractivity contribution in [1.29, 1.82) is 0 Å². The Morgan fingerprint density at radius 1 is 1.20 bits per heavy atom. The summed E-state index contributed by atoms with van der Waals surface area (Å²) in [6, 6.07) is 9.39. The first kappa shape index (κ1) is 9.19. The fourth-order valence-electron chi connectivity index (χ4n) is 2.77. The standard InChI is InChI=1S/C12H17N3/c13-14-7-8-15-11(9-14)6-5-10-3-1-2-4-12(10)15/h1-4,11H,5-9,13H2. The molecule has 80 valence electrons. The summed E-state index contributed by atoms with van der Waals surface area (Å²) < 4.78 is 0. The van der Waals surface area contributed by atoms with Crippen LogP contribution in [-0.4, -0.2) is 30.7 Å². The van der Waals surface area contributed by atoms with E-state index in [1.54, 1.807) is 0 Å². The van der Waals surface area contributed by atoms with Gasteiger partial charge in [-0.25, -0.2) is 5.01 Å². The number of piperazine rings is 1. The van der Waals surface area contributed by atoms with Crippen LogP contribution < -0.4 is 10.7 Å². The zero-order valence-corrected chi connectivity index (χ0v) is 8.89. The molecule has 1 saturated heterocycles. The number of benzene rings is 1. The Balaban J connectivity index is 1.93. The average Bonchev–Trinajstić information content (AvgIpc) is 2.28. The first-order chi connectivity index (χ1) is 7.34. The molecule has 0 radical (unpaired) electrons. The molecule has 15 heavy (non-hydrogen) atoms. The highest BCUT2D eigenvalue weighted by Crippen LogP contribution is 2.31. The molecule has 1 atom stereocenters. The SMILES string of the molecule is NN1CCN2c3ccccc3CCC2C1. The molecule has 2 aliphatic rings. The zero-order valence-electron chi connectivity index (χ0n) is 8.89. The summed E-state index contributed by atoms with van der Waals surface area (Å²) >= 11 is 0. The van der Waals surface area contributed by atoms with Gasteiger partial charge in [0.15, 0.2) is 0 Å². The predicted molar refractivity (Wildman–Crippen MR) is 61.7 cm³/mol. The Bertz CT molecular complexity index is 364. The predicted octanol–water partition coefficient (Wildman–Crippen LogP) is 0.997. The number of rotatable bonds is 0. The lowest BCUT2D eigenvalue weighted by atomic mass is 9.94. The van der Waals surface area contributed by atoms with Gasteiger partial charge in [0.2, 0.25) is 0 Å². The quantitative estimate of drug-likeness (QED) is 0.638. The number of hydrogen-bond acceptors (Lipinski definition) is 3. The fraction of sp³-hybridized carbons (Fsp3) is 0.500. The zero-order chi connectivity index (χ0) is 10.3. The molecule has 1 unspecified atom stereocenters. The van der Waals surface area contributed by atoms with Crippen molar-refractivity contribution in [2.24, 2.45) is 5.84 Å². The van der Waals surface area contributed by atoms with Crippen molar-refractivity contribution in [2.45, 2.75) is 18.9 Å². The summed E-state index contributed by atoms with van der Waals surface area (Å²) in [5.41, 5.74) is 2.93. The van der Waals surface area contributed by atoms with Crippen molar-refractivity contribution >= 4 is 5.69 Å². The van der Waals surface area contributed by atoms with E-state index in [0.717, 1.165) is 19.6 Å². The summed E-state index contributed by atoms with van der Waals surface area (Å²) in [7, 11) is 0. The van der Waals surface area contributed by atoms with Crippen molar-refractivity contribution < 1.29 is 0 Å². The maximum absolute atomic E-state index is 5.87. The third kappa shape index (κ3) is 1.52. The molecule has 2 heterocycles. The molecule has 0 aliphatic carbocycles. The largest absolute Gasteiger partial charge is 0.366 e. The lowest BCUT2D eigenvalue weighted by Crippen LogP contribution is -2.57. The third-order valence-corrected chi connectivity index (χ3v) is 3.56. The first-order valence-corrected chi connectivity index (χ1v) is 5.69. The van der Waals surface area contributed by atoms with E-state index in [-0.39, 0.29) is 0 Å². The molecule has 1 fully saturated rings. The lowest BCUT2D eigenvalue weighted by molar-refractivity contribution is 0.219. The number of nitrogens with zero attached hydrogens (tertiary/aromatic N) is 2. The Hall–Kier alpha value is -1.06. The van der Waals surface area contributed by atoms with Crippen molar-refractivity contribution in [1.82, 2.24) is 5.01 Å². The molecule has 3 rings (SSSR count). The molecule has 0 spiro atoms. The van der Waals surface area contributed by atoms with Crippen molar-refractivity contribution in [2.75, 3.05) is 24.5 Å². The minimum atomic E-state index is 0.624. The second-order valence-corrected chi connectivity index (χ2v) is 4.51. The molecule has 3 heteroatoms. The van der Waals surface area contributed by atoms with Gasteiger partial charge >= 0.3 is 0 Å². The van der Waals surface area contributed by atoms with Crippen molar-refractivity contribution in [3.8, 4) is 0 Å². The van der Waals surface area contributed by atoms with Gasteiger partial charge in [-0.3, -0.25) is 5.84 Å². The number of fused-ring (bicyclic) bond motifs is 3. The van der Waals surface area contributed by atoms with E-state index in [1.165, 1.54) is 24.1 Å². The topological polar surface area (TPSA) is 32.5 Å². The van der Waals surface area contributed by atoms with Crippen LogP contribution in [0.25, 0.3) is 0 Å². The summed E-state index contributed by atoms with van der Waals surface area (Å²) in [6.07, 6.45) is 2.44. The van der Waals surface area contributed by atoms with E-state index < -0.39 is 0 Å². The van der Waals surface area contributed by atoms with E-state index in [1.807, 2.05) is 5.01 Å². The highest BCUT2D eigenvalue weighted by atomic mass is 15.4. The third-order valence-electron chi connectivity index (χ3n) is 3.56. The van der Waals surface area contributed by atoms with Crippen molar-refractivity contribution in [3.63, 3.8) is 0 Å². The van der Waals surface area contributed by atoms with Crippen LogP contribution in [0.15, 0.2) is 24.3 Å². The van der Waals surface area contributed by atoms with Gasteiger partial charge in [-0.1, -0.05) is 18.2 Å². The summed E-state index contributed by atoms with van der Waals surface area (Å²) in [5, 5.41) is 1.95. The Labute approximate surface area is 90.4 Å². The number of aryl methyl sites for hydroxylation is 1. The minimum Gasteiger partial charge on any atom is -0.366 e. The van der Waals surface area contributed by atoms with Crippen LogP contribution in [0.3, 0.4) is 0 Å². The van der Waals surface area contributed by atoms with E-state index >= 15 is 0 Å². The van der Waals surface area contributed by atoms with Crippen LogP contribution in [0.5, 0.6) is 0 Å². The fourth-order valence-corrected chi connectivity index (χ4v) is 2.77. The Kier molecular flexibility index (Phi) is 2.15. The second-order valence-electron chi connectivity index (χ2n) is 4.51. The summed E-state index contributed by atoms with van der Waals surface area (Å²) in [6.45, 7) is 3.05. The minimum absolute atomic E-state index is 0.624. The van der Waals surface area contributed by atoms with E-state index in [4.69, 9.17) is 5.84 Å². The van der Waals surface area contributed by atoms with Crippen LogP contribution in [0, 0.1) is 0 Å². The van der Waals surface area contributed by atoms with E-state index in [2.05, 4.69) is 29.2 Å². The van der Waals surface area contributed by atoms with Crippen LogP contribution in [0.2, 0.25) is 0 Å². The number of nitrogens with two attached hydrogens (primary N) is 1. The van der Waals surface area contributed by atoms with Gasteiger partial charge in [0.25, 0.3) is 0 Å². The smallest absolute Gasteiger partial charge is 0.0434 e. The molecule has 0 bridgehead atoms. The molecule has 3 nitrogen and oxygen atoms in total. The van der Waals surface area contributed by atoms with Gasteiger partial charge in [0, 0.05) is 31.4 Å². The molecule has 0 aromatic heterocycles. The van der Waals surface area contributed by atoms with Gasteiger partial charge < -0.3 is 4.90 Å². The Morgan fingerprint density at radius 3 is 3.00 bits per heavy atom. The number of anilines is 1. The van der Waals surface area contributed by atoms with Gasteiger partial charge in [-0.15, -0.1) is 0 Å². The molecule has 0 amide bonds. The molecule has 1 aromatic rings. The number of para-hydroxylation sites is 1. The molecular weight excluding hydrogens is 186 g/mol. The highest BCUT2D eigenvalue weighted by molar-refractivity contribution is 5.56. The normalized spacial score (nSPS) is 25.9.